The van der Waals surface area contributed by atoms with Gasteiger partial charge in [-0.2, -0.15) is 0 Å². The van der Waals surface area contributed by atoms with Crippen LogP contribution in [-0.2, 0) is 4.79 Å². The van der Waals surface area contributed by atoms with Crippen LogP contribution in [-0.4, -0.2) is 30.3 Å². The van der Waals surface area contributed by atoms with E-state index in [0.29, 0.717) is 13.0 Å². The summed E-state index contributed by atoms with van der Waals surface area (Å²) in [6.07, 6.45) is 1.31. The third-order valence-corrected chi connectivity index (χ3v) is 3.20. The van der Waals surface area contributed by atoms with Crippen molar-refractivity contribution in [1.29, 1.82) is 0 Å². The molecule has 0 bridgehead atoms. The molecule has 2 N–H and O–H groups in total. The molecule has 1 amide bonds. The standard InChI is InChI=1S/C14H19NO3/c1-10(9-16)15-14(17)8-11-6-7-18-13-5-3-2-4-12(11)13/h2-5,10-11,16H,6-9H2,1H3,(H,15,17). The van der Waals surface area contributed by atoms with E-state index >= 15 is 0 Å². The Labute approximate surface area is 107 Å². The molecule has 0 fully saturated rings. The average Bonchev–Trinajstić information content (AvgIpc) is 2.39. The van der Waals surface area contributed by atoms with Gasteiger partial charge < -0.3 is 15.2 Å². The smallest absolute Gasteiger partial charge is 0.220 e. The number of benzene rings is 1. The molecular formula is C14H19NO3. The lowest BCUT2D eigenvalue weighted by atomic mass is 9.90. The zero-order chi connectivity index (χ0) is 13.0. The fourth-order valence-corrected chi connectivity index (χ4v) is 2.23. The minimum absolute atomic E-state index is 0.0155. The number of aliphatic hydroxyl groups is 1. The first-order chi connectivity index (χ1) is 8.70. The van der Waals surface area contributed by atoms with Gasteiger partial charge in [-0.05, 0) is 30.9 Å². The summed E-state index contributed by atoms with van der Waals surface area (Å²) in [6.45, 7) is 2.41. The Morgan fingerprint density at radius 1 is 1.56 bits per heavy atom. The van der Waals surface area contributed by atoms with E-state index in [-0.39, 0.29) is 24.5 Å². The van der Waals surface area contributed by atoms with E-state index in [1.54, 1.807) is 6.92 Å². The number of para-hydroxylation sites is 1. The number of fused-ring (bicyclic) bond motifs is 1. The maximum absolute atomic E-state index is 11.8. The highest BCUT2D eigenvalue weighted by molar-refractivity contribution is 5.77. The van der Waals surface area contributed by atoms with Crippen LogP contribution in [0, 0.1) is 0 Å². The van der Waals surface area contributed by atoms with E-state index in [1.807, 2.05) is 24.3 Å². The van der Waals surface area contributed by atoms with Crippen molar-refractivity contribution in [2.75, 3.05) is 13.2 Å². The molecule has 0 aromatic heterocycles. The second kappa shape index (κ2) is 5.87. The van der Waals surface area contributed by atoms with Crippen LogP contribution in [0.4, 0.5) is 0 Å². The normalized spacial score (nSPS) is 19.6. The van der Waals surface area contributed by atoms with E-state index in [4.69, 9.17) is 9.84 Å². The van der Waals surface area contributed by atoms with Gasteiger partial charge in [0.15, 0.2) is 0 Å². The lowest BCUT2D eigenvalue weighted by molar-refractivity contribution is -0.122. The predicted octanol–water partition coefficient (Wildman–Crippen LogP) is 1.44. The van der Waals surface area contributed by atoms with Crippen molar-refractivity contribution in [3.8, 4) is 5.75 Å². The molecule has 1 aromatic carbocycles. The van der Waals surface area contributed by atoms with Crippen molar-refractivity contribution in [2.45, 2.75) is 31.7 Å². The minimum Gasteiger partial charge on any atom is -0.493 e. The van der Waals surface area contributed by atoms with Gasteiger partial charge in [0.2, 0.25) is 5.91 Å². The summed E-state index contributed by atoms with van der Waals surface area (Å²) >= 11 is 0. The molecule has 1 aromatic rings. The molecule has 1 aliphatic heterocycles. The number of hydrogen-bond acceptors (Lipinski definition) is 3. The molecular weight excluding hydrogens is 230 g/mol. The molecule has 98 valence electrons. The maximum Gasteiger partial charge on any atom is 0.220 e. The number of aliphatic hydroxyl groups excluding tert-OH is 1. The Balaban J connectivity index is 2.01. The molecule has 2 atom stereocenters. The largest absolute Gasteiger partial charge is 0.493 e. The van der Waals surface area contributed by atoms with Gasteiger partial charge in [0, 0.05) is 12.5 Å². The summed E-state index contributed by atoms with van der Waals surface area (Å²) in [5.74, 6) is 1.08. The predicted molar refractivity (Wildman–Crippen MR) is 68.6 cm³/mol. The number of hydrogen-bond donors (Lipinski definition) is 2. The molecule has 0 aliphatic carbocycles. The van der Waals surface area contributed by atoms with Crippen LogP contribution in [0.2, 0.25) is 0 Å². The molecule has 2 unspecified atom stereocenters. The van der Waals surface area contributed by atoms with Crippen molar-refractivity contribution < 1.29 is 14.6 Å². The highest BCUT2D eigenvalue weighted by Gasteiger charge is 2.23. The quantitative estimate of drug-likeness (QED) is 0.849. The first kappa shape index (κ1) is 12.9. The Morgan fingerprint density at radius 3 is 3.11 bits per heavy atom. The van der Waals surface area contributed by atoms with Gasteiger partial charge in [-0.3, -0.25) is 4.79 Å². The fraction of sp³-hybridized carbons (Fsp3) is 0.500. The summed E-state index contributed by atoms with van der Waals surface area (Å²) in [7, 11) is 0. The van der Waals surface area contributed by atoms with Crippen LogP contribution >= 0.6 is 0 Å². The first-order valence-corrected chi connectivity index (χ1v) is 6.32. The fourth-order valence-electron chi connectivity index (χ4n) is 2.23. The summed E-state index contributed by atoms with van der Waals surface area (Å²) in [5.41, 5.74) is 1.11. The summed E-state index contributed by atoms with van der Waals surface area (Å²) in [4.78, 5) is 11.8. The monoisotopic (exact) mass is 249 g/mol. The second-order valence-corrected chi connectivity index (χ2v) is 4.73. The van der Waals surface area contributed by atoms with Crippen molar-refractivity contribution >= 4 is 5.91 Å². The highest BCUT2D eigenvalue weighted by Crippen LogP contribution is 2.35. The number of nitrogens with one attached hydrogen (secondary N) is 1. The number of ether oxygens (including phenoxy) is 1. The lowest BCUT2D eigenvalue weighted by Gasteiger charge is -2.25. The third-order valence-electron chi connectivity index (χ3n) is 3.20. The van der Waals surface area contributed by atoms with E-state index in [9.17, 15) is 4.79 Å². The number of carbonyl (C=O) groups excluding carboxylic acids is 1. The van der Waals surface area contributed by atoms with Gasteiger partial charge in [-0.15, -0.1) is 0 Å². The van der Waals surface area contributed by atoms with Gasteiger partial charge in [-0.1, -0.05) is 18.2 Å². The summed E-state index contributed by atoms with van der Waals surface area (Å²) in [6, 6.07) is 7.68. The van der Waals surface area contributed by atoms with Gasteiger partial charge >= 0.3 is 0 Å². The second-order valence-electron chi connectivity index (χ2n) is 4.73. The van der Waals surface area contributed by atoms with E-state index < -0.39 is 0 Å². The van der Waals surface area contributed by atoms with Crippen LogP contribution in [0.5, 0.6) is 5.75 Å². The highest BCUT2D eigenvalue weighted by atomic mass is 16.5. The van der Waals surface area contributed by atoms with Crippen LogP contribution < -0.4 is 10.1 Å². The van der Waals surface area contributed by atoms with E-state index in [1.165, 1.54) is 0 Å². The van der Waals surface area contributed by atoms with Gasteiger partial charge in [0.1, 0.15) is 5.75 Å². The van der Waals surface area contributed by atoms with Gasteiger partial charge in [0.05, 0.1) is 13.2 Å². The van der Waals surface area contributed by atoms with Crippen LogP contribution in [0.25, 0.3) is 0 Å². The molecule has 4 nitrogen and oxygen atoms in total. The average molecular weight is 249 g/mol. The van der Waals surface area contributed by atoms with Crippen molar-refractivity contribution in [2.24, 2.45) is 0 Å². The molecule has 0 radical (unpaired) electrons. The van der Waals surface area contributed by atoms with Gasteiger partial charge in [0.25, 0.3) is 0 Å². The number of rotatable bonds is 4. The van der Waals surface area contributed by atoms with Crippen LogP contribution in [0.3, 0.4) is 0 Å². The Kier molecular flexibility index (Phi) is 4.20. The molecule has 4 heteroatoms. The SMILES string of the molecule is CC(CO)NC(=O)CC1CCOc2ccccc21. The van der Waals surface area contributed by atoms with Crippen LogP contribution in [0.15, 0.2) is 24.3 Å². The van der Waals surface area contributed by atoms with Crippen LogP contribution in [0.1, 0.15) is 31.2 Å². The van der Waals surface area contributed by atoms with Crippen molar-refractivity contribution in [1.82, 2.24) is 5.32 Å². The van der Waals surface area contributed by atoms with Crippen molar-refractivity contribution in [3.05, 3.63) is 29.8 Å². The molecule has 0 spiro atoms. The molecule has 0 saturated carbocycles. The topological polar surface area (TPSA) is 58.6 Å². The molecule has 1 heterocycles. The van der Waals surface area contributed by atoms with E-state index in [2.05, 4.69) is 5.32 Å². The first-order valence-electron chi connectivity index (χ1n) is 6.32. The third kappa shape index (κ3) is 3.01. The zero-order valence-electron chi connectivity index (χ0n) is 10.6. The molecule has 1 aliphatic rings. The van der Waals surface area contributed by atoms with Gasteiger partial charge in [-0.25, -0.2) is 0 Å². The number of carbonyl (C=O) groups is 1. The zero-order valence-corrected chi connectivity index (χ0v) is 10.6. The molecule has 2 rings (SSSR count). The Morgan fingerprint density at radius 2 is 2.33 bits per heavy atom. The summed E-state index contributed by atoms with van der Waals surface area (Å²) in [5, 5.41) is 11.7. The lowest BCUT2D eigenvalue weighted by Crippen LogP contribution is -2.36. The molecule has 0 saturated heterocycles. The Bertz CT molecular complexity index is 419. The Hall–Kier alpha value is -1.55. The minimum atomic E-state index is -0.187. The maximum atomic E-state index is 11.8. The van der Waals surface area contributed by atoms with E-state index in [0.717, 1.165) is 17.7 Å². The molecule has 18 heavy (non-hydrogen) atoms. The number of amides is 1. The van der Waals surface area contributed by atoms with Crippen molar-refractivity contribution in [3.63, 3.8) is 0 Å². The summed E-state index contributed by atoms with van der Waals surface area (Å²) < 4.78 is 5.57.